The van der Waals surface area contributed by atoms with Gasteiger partial charge >= 0.3 is 5.97 Å². The largest absolute Gasteiger partial charge is 0.497 e. The Balaban J connectivity index is 0.00000169. The minimum atomic E-state index is -1.05. The number of rotatable bonds is 3. The van der Waals surface area contributed by atoms with Crippen LogP contribution in [-0.2, 0) is 4.79 Å². The average molecular weight is 218 g/mol. The minimum absolute atomic E-state index is 0. The fourth-order valence-electron chi connectivity index (χ4n) is 0.978. The van der Waals surface area contributed by atoms with Crippen LogP contribution >= 0.6 is 12.4 Å². The van der Waals surface area contributed by atoms with Crippen molar-refractivity contribution in [3.05, 3.63) is 29.8 Å². The van der Waals surface area contributed by atoms with Crippen LogP contribution in [0.25, 0.3) is 0 Å². The van der Waals surface area contributed by atoms with Gasteiger partial charge in [-0.25, -0.2) is 0 Å². The molecule has 0 saturated carbocycles. The maximum Gasteiger partial charge on any atom is 0.325 e. The van der Waals surface area contributed by atoms with Gasteiger partial charge in [-0.3, -0.25) is 4.79 Å². The molecule has 0 amide bonds. The highest BCUT2D eigenvalue weighted by Crippen LogP contribution is 2.17. The molecule has 1 atom stereocenters. The molecule has 1 aromatic rings. The lowest BCUT2D eigenvalue weighted by molar-refractivity contribution is -0.138. The first-order chi connectivity index (χ1) is 6.15. The first-order valence-corrected chi connectivity index (χ1v) is 3.77. The fraction of sp³-hybridized carbons (Fsp3) is 0.222. The zero-order valence-electron chi connectivity index (χ0n) is 7.64. The van der Waals surface area contributed by atoms with Crippen molar-refractivity contribution in [2.24, 2.45) is 5.73 Å². The third kappa shape index (κ3) is 2.90. The summed E-state index contributed by atoms with van der Waals surface area (Å²) in [6.07, 6.45) is 0. The molecule has 0 spiro atoms. The van der Waals surface area contributed by atoms with E-state index in [2.05, 4.69) is 0 Å². The summed E-state index contributed by atoms with van der Waals surface area (Å²) in [5.41, 5.74) is 5.94. The minimum Gasteiger partial charge on any atom is -0.497 e. The molecule has 0 saturated heterocycles. The standard InChI is InChI=1S/C9H11NO3.ClH/c1-13-7-4-2-3-6(5-7)8(10)9(11)12;/h2-5,8H,10H2,1H3,(H,11,12);1H/t8-;/m0./s1. The molecule has 14 heavy (non-hydrogen) atoms. The van der Waals surface area contributed by atoms with Gasteiger partial charge in [-0.2, -0.15) is 0 Å². The number of nitrogens with two attached hydrogens (primary N) is 1. The van der Waals surface area contributed by atoms with Crippen LogP contribution in [0.1, 0.15) is 11.6 Å². The number of hydrogen-bond acceptors (Lipinski definition) is 3. The van der Waals surface area contributed by atoms with E-state index in [1.165, 1.54) is 7.11 Å². The lowest BCUT2D eigenvalue weighted by atomic mass is 10.1. The quantitative estimate of drug-likeness (QED) is 0.798. The molecule has 0 heterocycles. The summed E-state index contributed by atoms with van der Waals surface area (Å²) in [6.45, 7) is 0. The predicted molar refractivity (Wildman–Crippen MR) is 54.8 cm³/mol. The number of benzene rings is 1. The van der Waals surface area contributed by atoms with E-state index < -0.39 is 12.0 Å². The molecule has 78 valence electrons. The van der Waals surface area contributed by atoms with Crippen LogP contribution in [0.5, 0.6) is 5.75 Å². The molecule has 0 aliphatic rings. The lowest BCUT2D eigenvalue weighted by Crippen LogP contribution is -2.20. The topological polar surface area (TPSA) is 72.5 Å². The smallest absolute Gasteiger partial charge is 0.325 e. The van der Waals surface area contributed by atoms with Crippen molar-refractivity contribution in [2.45, 2.75) is 6.04 Å². The van der Waals surface area contributed by atoms with Crippen molar-refractivity contribution in [1.82, 2.24) is 0 Å². The van der Waals surface area contributed by atoms with Gasteiger partial charge in [0.15, 0.2) is 0 Å². The van der Waals surface area contributed by atoms with Gasteiger partial charge in [0.25, 0.3) is 0 Å². The number of carbonyl (C=O) groups is 1. The van der Waals surface area contributed by atoms with Crippen molar-refractivity contribution in [3.63, 3.8) is 0 Å². The Kier molecular flexibility index (Phi) is 4.97. The van der Waals surface area contributed by atoms with E-state index >= 15 is 0 Å². The Bertz CT molecular complexity index is 317. The zero-order chi connectivity index (χ0) is 9.84. The maximum atomic E-state index is 10.5. The van der Waals surface area contributed by atoms with Crippen molar-refractivity contribution >= 4 is 18.4 Å². The maximum absolute atomic E-state index is 10.5. The normalized spacial score (nSPS) is 11.3. The summed E-state index contributed by atoms with van der Waals surface area (Å²) in [6, 6.07) is 5.71. The summed E-state index contributed by atoms with van der Waals surface area (Å²) < 4.78 is 4.94. The van der Waals surface area contributed by atoms with E-state index in [1.54, 1.807) is 24.3 Å². The monoisotopic (exact) mass is 217 g/mol. The number of ether oxygens (including phenoxy) is 1. The van der Waals surface area contributed by atoms with Gasteiger partial charge in [-0.1, -0.05) is 12.1 Å². The lowest BCUT2D eigenvalue weighted by Gasteiger charge is -2.07. The Hall–Kier alpha value is -1.26. The molecule has 1 rings (SSSR count). The molecule has 0 radical (unpaired) electrons. The number of methoxy groups -OCH3 is 1. The zero-order valence-corrected chi connectivity index (χ0v) is 8.45. The van der Waals surface area contributed by atoms with E-state index in [0.717, 1.165) is 0 Å². The highest BCUT2D eigenvalue weighted by molar-refractivity contribution is 5.85. The van der Waals surface area contributed by atoms with Gasteiger partial charge < -0.3 is 15.6 Å². The van der Waals surface area contributed by atoms with Crippen molar-refractivity contribution in [1.29, 1.82) is 0 Å². The van der Waals surface area contributed by atoms with E-state index in [-0.39, 0.29) is 12.4 Å². The van der Waals surface area contributed by atoms with Crippen LogP contribution in [0.2, 0.25) is 0 Å². The van der Waals surface area contributed by atoms with Crippen molar-refractivity contribution in [3.8, 4) is 5.75 Å². The number of carboxylic acid groups (broad SMARTS) is 1. The third-order valence-corrected chi connectivity index (χ3v) is 1.72. The van der Waals surface area contributed by atoms with Crippen LogP contribution in [0, 0.1) is 0 Å². The summed E-state index contributed by atoms with van der Waals surface area (Å²) in [7, 11) is 1.52. The number of hydrogen-bond donors (Lipinski definition) is 2. The number of aliphatic carboxylic acids is 1. The Morgan fingerprint density at radius 3 is 2.71 bits per heavy atom. The van der Waals surface area contributed by atoms with E-state index in [4.69, 9.17) is 15.6 Å². The second kappa shape index (κ2) is 5.47. The van der Waals surface area contributed by atoms with Gasteiger partial charge in [0.1, 0.15) is 11.8 Å². The highest BCUT2D eigenvalue weighted by Gasteiger charge is 2.13. The second-order valence-corrected chi connectivity index (χ2v) is 2.59. The SMILES string of the molecule is COc1cccc([C@H](N)C(=O)O)c1.Cl. The molecule has 0 bridgehead atoms. The number of carboxylic acids is 1. The molecule has 0 unspecified atom stereocenters. The van der Waals surface area contributed by atoms with E-state index in [0.29, 0.717) is 11.3 Å². The summed E-state index contributed by atoms with van der Waals surface area (Å²) in [4.78, 5) is 10.5. The molecule has 1 aromatic carbocycles. The average Bonchev–Trinajstić information content (AvgIpc) is 2.16. The molecule has 3 N–H and O–H groups in total. The highest BCUT2D eigenvalue weighted by atomic mass is 35.5. The molecule has 4 nitrogen and oxygen atoms in total. The van der Waals surface area contributed by atoms with Gasteiger partial charge in [-0.15, -0.1) is 12.4 Å². The van der Waals surface area contributed by atoms with Gasteiger partial charge in [0.2, 0.25) is 0 Å². The third-order valence-electron chi connectivity index (χ3n) is 1.72. The first kappa shape index (κ1) is 12.7. The molecule has 0 aliphatic heterocycles. The van der Waals surface area contributed by atoms with E-state index in [9.17, 15) is 4.79 Å². The summed E-state index contributed by atoms with van der Waals surface area (Å²) in [5.74, 6) is -0.442. The van der Waals surface area contributed by atoms with Crippen LogP contribution in [-0.4, -0.2) is 18.2 Å². The van der Waals surface area contributed by atoms with Crippen LogP contribution in [0.4, 0.5) is 0 Å². The molecular formula is C9H12ClNO3. The number of halogens is 1. The molecule has 0 aromatic heterocycles. The van der Waals surface area contributed by atoms with Gasteiger partial charge in [-0.05, 0) is 17.7 Å². The van der Waals surface area contributed by atoms with Crippen molar-refractivity contribution < 1.29 is 14.6 Å². The molecule has 0 fully saturated rings. The Labute approximate surface area is 88.1 Å². The summed E-state index contributed by atoms with van der Waals surface area (Å²) >= 11 is 0. The van der Waals surface area contributed by atoms with Gasteiger partial charge in [0.05, 0.1) is 7.11 Å². The van der Waals surface area contributed by atoms with Crippen LogP contribution in [0.3, 0.4) is 0 Å². The molecular weight excluding hydrogens is 206 g/mol. The molecule has 5 heteroatoms. The Morgan fingerprint density at radius 1 is 1.57 bits per heavy atom. The molecule has 0 aliphatic carbocycles. The van der Waals surface area contributed by atoms with Crippen molar-refractivity contribution in [2.75, 3.05) is 7.11 Å². The first-order valence-electron chi connectivity index (χ1n) is 3.77. The van der Waals surface area contributed by atoms with Gasteiger partial charge in [0, 0.05) is 0 Å². The predicted octanol–water partition coefficient (Wildman–Crippen LogP) is 1.20. The Morgan fingerprint density at radius 2 is 2.21 bits per heavy atom. The van der Waals surface area contributed by atoms with Crippen LogP contribution < -0.4 is 10.5 Å². The van der Waals surface area contributed by atoms with Crippen LogP contribution in [0.15, 0.2) is 24.3 Å². The van der Waals surface area contributed by atoms with E-state index in [1.807, 2.05) is 0 Å². The summed E-state index contributed by atoms with van der Waals surface area (Å²) in [5, 5.41) is 8.63. The second-order valence-electron chi connectivity index (χ2n) is 2.59. The fourth-order valence-corrected chi connectivity index (χ4v) is 0.978.